The first-order valence-electron chi connectivity index (χ1n) is 10.9. The minimum absolute atomic E-state index is 0.215. The minimum atomic E-state index is 0.215. The molecule has 2 N–H and O–H groups in total. The van der Waals surface area contributed by atoms with E-state index >= 15 is 0 Å². The molecule has 4 heterocycles. The first-order valence-corrected chi connectivity index (χ1v) is 10.9. The van der Waals surface area contributed by atoms with E-state index in [9.17, 15) is 10.2 Å². The van der Waals surface area contributed by atoms with E-state index < -0.39 is 0 Å². The fourth-order valence-electron chi connectivity index (χ4n) is 4.74. The summed E-state index contributed by atoms with van der Waals surface area (Å²) in [5.74, 6) is 0.486. The van der Waals surface area contributed by atoms with Crippen molar-refractivity contribution in [2.45, 2.75) is 32.3 Å². The van der Waals surface area contributed by atoms with Gasteiger partial charge in [0, 0.05) is 24.2 Å². The van der Waals surface area contributed by atoms with Gasteiger partial charge in [0.1, 0.15) is 11.5 Å². The Morgan fingerprint density at radius 1 is 0.933 bits per heavy atom. The molecular formula is C25H28N2O3. The van der Waals surface area contributed by atoms with Crippen LogP contribution in [-0.2, 0) is 11.3 Å². The topological polar surface area (TPSA) is 57.3 Å². The number of pyridine rings is 1. The van der Waals surface area contributed by atoms with Crippen molar-refractivity contribution >= 4 is 16.6 Å². The van der Waals surface area contributed by atoms with Crippen molar-refractivity contribution in [1.82, 2.24) is 9.30 Å². The van der Waals surface area contributed by atoms with Crippen LogP contribution >= 0.6 is 0 Å². The largest absolute Gasteiger partial charge is 0.508 e. The van der Waals surface area contributed by atoms with Gasteiger partial charge in [-0.1, -0.05) is 24.6 Å². The predicted molar refractivity (Wildman–Crippen MR) is 119 cm³/mol. The molecule has 0 amide bonds. The summed E-state index contributed by atoms with van der Waals surface area (Å²) >= 11 is 0. The highest BCUT2D eigenvalue weighted by atomic mass is 16.5. The average molecular weight is 405 g/mol. The third kappa shape index (κ3) is 3.48. The zero-order chi connectivity index (χ0) is 20.5. The van der Waals surface area contributed by atoms with Gasteiger partial charge in [-0.15, -0.1) is 0 Å². The molecule has 30 heavy (non-hydrogen) atoms. The van der Waals surface area contributed by atoms with Crippen LogP contribution in [0.15, 0.2) is 48.5 Å². The molecule has 0 unspecified atom stereocenters. The van der Waals surface area contributed by atoms with Gasteiger partial charge in [0.05, 0.1) is 23.2 Å². The number of rotatable bonds is 7. The molecule has 0 spiro atoms. The van der Waals surface area contributed by atoms with Gasteiger partial charge in [0.2, 0.25) is 0 Å². The zero-order valence-electron chi connectivity index (χ0n) is 17.2. The van der Waals surface area contributed by atoms with Gasteiger partial charge in [-0.05, 0) is 68.2 Å². The van der Waals surface area contributed by atoms with Crippen molar-refractivity contribution in [1.29, 1.82) is 0 Å². The molecule has 0 saturated carbocycles. The Hall–Kier alpha value is -2.76. The second-order valence-corrected chi connectivity index (χ2v) is 8.27. The summed E-state index contributed by atoms with van der Waals surface area (Å²) in [5, 5.41) is 20.6. The van der Waals surface area contributed by atoms with E-state index in [1.165, 1.54) is 32.4 Å². The molecule has 1 aliphatic rings. The molecule has 0 radical (unpaired) electrons. The van der Waals surface area contributed by atoms with Crippen LogP contribution in [0, 0.1) is 0 Å². The Kier molecular flexibility index (Phi) is 5.23. The van der Waals surface area contributed by atoms with Gasteiger partial charge in [-0.2, -0.15) is 0 Å². The molecule has 5 rings (SSSR count). The van der Waals surface area contributed by atoms with Crippen molar-refractivity contribution in [3.63, 3.8) is 0 Å². The van der Waals surface area contributed by atoms with E-state index in [1.54, 1.807) is 12.1 Å². The van der Waals surface area contributed by atoms with E-state index in [4.69, 9.17) is 4.74 Å². The Balaban J connectivity index is 1.38. The highest BCUT2D eigenvalue weighted by molar-refractivity contribution is 5.99. The summed E-state index contributed by atoms with van der Waals surface area (Å²) in [6.07, 6.45) is 5.04. The number of phenolic OH excluding ortho intramolecular Hbond substituents is 1. The summed E-state index contributed by atoms with van der Waals surface area (Å²) in [7, 11) is 0. The van der Waals surface area contributed by atoms with Crippen LogP contribution in [0.4, 0.5) is 0 Å². The lowest BCUT2D eigenvalue weighted by Gasteiger charge is -2.26. The van der Waals surface area contributed by atoms with E-state index in [-0.39, 0.29) is 11.5 Å². The number of piperidine rings is 1. The number of phenols is 1. The smallest absolute Gasteiger partial charge is 0.149 e. The van der Waals surface area contributed by atoms with Crippen molar-refractivity contribution in [2.24, 2.45) is 0 Å². The first kappa shape index (κ1) is 19.2. The maximum atomic E-state index is 11.0. The lowest BCUT2D eigenvalue weighted by atomic mass is 10.0. The Labute approximate surface area is 176 Å². The Morgan fingerprint density at radius 2 is 1.73 bits per heavy atom. The summed E-state index contributed by atoms with van der Waals surface area (Å²) in [6, 6.07) is 15.1. The lowest BCUT2D eigenvalue weighted by Crippen LogP contribution is -2.31. The molecule has 0 bridgehead atoms. The second-order valence-electron chi connectivity index (χ2n) is 8.27. The van der Waals surface area contributed by atoms with E-state index in [2.05, 4.69) is 21.4 Å². The molecule has 0 atom stereocenters. The number of aromatic nitrogens is 1. The quantitative estimate of drug-likeness (QED) is 0.426. The summed E-state index contributed by atoms with van der Waals surface area (Å²) in [4.78, 5) is 2.54. The lowest BCUT2D eigenvalue weighted by molar-refractivity contribution is 0.106. The molecule has 1 aliphatic heterocycles. The third-order valence-electron chi connectivity index (χ3n) is 6.21. The van der Waals surface area contributed by atoms with E-state index in [0.717, 1.165) is 52.8 Å². The van der Waals surface area contributed by atoms with Gasteiger partial charge in [-0.3, -0.25) is 0 Å². The van der Waals surface area contributed by atoms with Crippen LogP contribution in [0.2, 0.25) is 0 Å². The number of benzene rings is 1. The number of hydrogen-bond acceptors (Lipinski definition) is 4. The van der Waals surface area contributed by atoms with Crippen molar-refractivity contribution in [2.75, 3.05) is 26.2 Å². The van der Waals surface area contributed by atoms with Crippen molar-refractivity contribution in [3.05, 3.63) is 54.1 Å². The summed E-state index contributed by atoms with van der Waals surface area (Å²) in [6.45, 7) is 4.80. The van der Waals surface area contributed by atoms with Crippen molar-refractivity contribution in [3.8, 4) is 22.6 Å². The molecule has 1 saturated heterocycles. The monoisotopic (exact) mass is 404 g/mol. The molecule has 3 aromatic heterocycles. The van der Waals surface area contributed by atoms with Crippen LogP contribution in [0.1, 0.15) is 31.2 Å². The highest BCUT2D eigenvalue weighted by Gasteiger charge is 2.22. The SMILES string of the molecule is Oc1ccc(-c2c(O)c3cccc4cc(COCCCN5CCCCC5)c2n43)cc1. The zero-order valence-corrected chi connectivity index (χ0v) is 17.2. The fourth-order valence-corrected chi connectivity index (χ4v) is 4.74. The van der Waals surface area contributed by atoms with Crippen LogP contribution in [0.5, 0.6) is 11.5 Å². The molecule has 4 aromatic rings. The second kappa shape index (κ2) is 8.17. The van der Waals surface area contributed by atoms with Gasteiger partial charge in [0.25, 0.3) is 0 Å². The fraction of sp³-hybridized carbons (Fsp3) is 0.360. The van der Waals surface area contributed by atoms with Gasteiger partial charge < -0.3 is 24.3 Å². The van der Waals surface area contributed by atoms with Gasteiger partial charge in [0.15, 0.2) is 0 Å². The molecular weight excluding hydrogens is 376 g/mol. The predicted octanol–water partition coefficient (Wildman–Crippen LogP) is 5.00. The summed E-state index contributed by atoms with van der Waals surface area (Å²) < 4.78 is 8.16. The number of nitrogens with zero attached hydrogens (tertiary/aromatic N) is 2. The van der Waals surface area contributed by atoms with Gasteiger partial charge in [-0.25, -0.2) is 0 Å². The molecule has 5 nitrogen and oxygen atoms in total. The number of ether oxygens (including phenoxy) is 1. The Morgan fingerprint density at radius 3 is 2.53 bits per heavy atom. The molecule has 5 heteroatoms. The van der Waals surface area contributed by atoms with Crippen LogP contribution in [-0.4, -0.2) is 45.8 Å². The maximum absolute atomic E-state index is 11.0. The van der Waals surface area contributed by atoms with E-state index in [0.29, 0.717) is 6.61 Å². The van der Waals surface area contributed by atoms with E-state index in [1.807, 2.05) is 24.3 Å². The van der Waals surface area contributed by atoms with Crippen LogP contribution in [0.3, 0.4) is 0 Å². The minimum Gasteiger partial charge on any atom is -0.508 e. The maximum Gasteiger partial charge on any atom is 0.149 e. The molecule has 0 aliphatic carbocycles. The first-order chi connectivity index (χ1) is 14.7. The third-order valence-corrected chi connectivity index (χ3v) is 6.21. The average Bonchev–Trinajstić information content (AvgIpc) is 3.28. The Bertz CT molecular complexity index is 1130. The van der Waals surface area contributed by atoms with Crippen molar-refractivity contribution < 1.29 is 14.9 Å². The van der Waals surface area contributed by atoms with Crippen LogP contribution in [0.25, 0.3) is 27.7 Å². The summed E-state index contributed by atoms with van der Waals surface area (Å²) in [5.41, 5.74) is 5.58. The number of hydrogen-bond donors (Lipinski definition) is 2. The number of aromatic hydroxyl groups is 2. The normalized spacial score (nSPS) is 15.5. The highest BCUT2D eigenvalue weighted by Crippen LogP contribution is 2.43. The molecule has 1 fully saturated rings. The number of likely N-dealkylation sites (tertiary alicyclic amines) is 1. The molecule has 1 aromatic carbocycles. The molecule has 156 valence electrons. The standard InChI is InChI=1S/C25H28N2O3/c28-21-10-8-18(9-11-21)23-24-19(16-20-6-4-7-22(25(23)29)27(20)24)17-30-15-5-14-26-12-2-1-3-13-26/h4,6-11,16,28-29H,1-3,5,12-15,17H2. The van der Waals surface area contributed by atoms with Gasteiger partial charge >= 0.3 is 0 Å². The van der Waals surface area contributed by atoms with Crippen LogP contribution < -0.4 is 0 Å².